The average molecular weight is 392 g/mol. The molecule has 0 saturated carbocycles. The van der Waals surface area contributed by atoms with Gasteiger partial charge in [0.2, 0.25) is 0 Å². The van der Waals surface area contributed by atoms with Crippen LogP contribution < -0.4 is 0 Å². The van der Waals surface area contributed by atoms with E-state index in [1.54, 1.807) is 0 Å². The molecule has 5 rings (SSSR count). The normalized spacial score (nSPS) is 15.4. The summed E-state index contributed by atoms with van der Waals surface area (Å²) < 4.78 is 0. The zero-order valence-electron chi connectivity index (χ0n) is 17.3. The van der Waals surface area contributed by atoms with Crippen molar-refractivity contribution in [1.82, 2.24) is 4.90 Å². The van der Waals surface area contributed by atoms with Crippen molar-refractivity contribution in [3.05, 3.63) is 112 Å². The summed E-state index contributed by atoms with van der Waals surface area (Å²) in [6, 6.07) is 25.2. The molecule has 0 unspecified atom stereocenters. The van der Waals surface area contributed by atoms with E-state index in [0.717, 1.165) is 31.5 Å². The molecule has 1 aliphatic carbocycles. The largest absolute Gasteiger partial charge is 0.338 e. The van der Waals surface area contributed by atoms with Gasteiger partial charge in [-0.25, -0.2) is 0 Å². The summed E-state index contributed by atoms with van der Waals surface area (Å²) in [5.74, 6) is 0.141. The third-order valence-corrected chi connectivity index (χ3v) is 6.21. The van der Waals surface area contributed by atoms with Crippen LogP contribution in [0.25, 0.3) is 17.7 Å². The van der Waals surface area contributed by atoms with E-state index in [2.05, 4.69) is 60.7 Å². The maximum Gasteiger partial charge on any atom is 0.253 e. The number of fused-ring (bicyclic) bond motifs is 2. The van der Waals surface area contributed by atoms with Crippen LogP contribution in [0.5, 0.6) is 0 Å². The first-order chi connectivity index (χ1) is 14.7. The van der Waals surface area contributed by atoms with E-state index in [1.165, 1.54) is 39.0 Å². The summed E-state index contributed by atoms with van der Waals surface area (Å²) in [6.07, 6.45) is 6.26. The van der Waals surface area contributed by atoms with Crippen LogP contribution in [0.2, 0.25) is 0 Å². The van der Waals surface area contributed by atoms with Crippen molar-refractivity contribution < 1.29 is 4.79 Å². The Labute approximate surface area is 178 Å². The Hall–Kier alpha value is -3.39. The number of benzene rings is 3. The predicted octanol–water partition coefficient (Wildman–Crippen LogP) is 6.22. The molecule has 30 heavy (non-hydrogen) atoms. The summed E-state index contributed by atoms with van der Waals surface area (Å²) in [6.45, 7) is 3.58. The molecule has 2 heteroatoms. The molecule has 0 aromatic heterocycles. The van der Waals surface area contributed by atoms with Gasteiger partial charge < -0.3 is 4.90 Å². The van der Waals surface area contributed by atoms with Gasteiger partial charge in [0.25, 0.3) is 5.91 Å². The van der Waals surface area contributed by atoms with E-state index in [1.807, 2.05) is 36.1 Å². The molecule has 1 heterocycles. The molecule has 0 bridgehead atoms. The van der Waals surface area contributed by atoms with Crippen molar-refractivity contribution in [2.24, 2.45) is 0 Å². The Morgan fingerprint density at radius 2 is 1.27 bits per heavy atom. The second-order valence-electron chi connectivity index (χ2n) is 8.14. The van der Waals surface area contributed by atoms with Crippen LogP contribution in [-0.4, -0.2) is 23.9 Å². The van der Waals surface area contributed by atoms with Crippen molar-refractivity contribution >= 4 is 23.6 Å². The predicted molar refractivity (Wildman–Crippen MR) is 124 cm³/mol. The minimum absolute atomic E-state index is 0.141. The molecule has 1 saturated heterocycles. The van der Waals surface area contributed by atoms with Gasteiger partial charge in [-0.3, -0.25) is 4.79 Å². The van der Waals surface area contributed by atoms with Gasteiger partial charge in [0, 0.05) is 18.7 Å². The number of nitrogens with zero attached hydrogens (tertiary/aromatic N) is 1. The zero-order valence-corrected chi connectivity index (χ0v) is 17.3. The number of aryl methyl sites for hydroxylation is 1. The number of amides is 1. The molecule has 0 radical (unpaired) electrons. The molecule has 0 atom stereocenters. The van der Waals surface area contributed by atoms with Gasteiger partial charge in [-0.2, -0.15) is 0 Å². The van der Waals surface area contributed by atoms with E-state index in [9.17, 15) is 4.79 Å². The Bertz CT molecular complexity index is 1110. The van der Waals surface area contributed by atoms with Crippen LogP contribution in [0.4, 0.5) is 0 Å². The number of carbonyl (C=O) groups excluding carboxylic acids is 1. The Morgan fingerprint density at radius 3 is 1.83 bits per heavy atom. The molecule has 1 aliphatic heterocycles. The van der Waals surface area contributed by atoms with Crippen molar-refractivity contribution in [3.8, 4) is 0 Å². The van der Waals surface area contributed by atoms with E-state index >= 15 is 0 Å². The van der Waals surface area contributed by atoms with Crippen LogP contribution >= 0.6 is 0 Å². The van der Waals surface area contributed by atoms with Gasteiger partial charge in [0.05, 0.1) is 0 Å². The van der Waals surface area contributed by atoms with Crippen LogP contribution in [0, 0.1) is 6.92 Å². The first-order valence-electron chi connectivity index (χ1n) is 10.7. The van der Waals surface area contributed by atoms with E-state index < -0.39 is 0 Å². The van der Waals surface area contributed by atoms with Crippen LogP contribution in [0.1, 0.15) is 51.0 Å². The van der Waals surface area contributed by atoms with Crippen molar-refractivity contribution in [1.29, 1.82) is 0 Å². The first kappa shape index (κ1) is 18.6. The molecular formula is C28H25NO. The Morgan fingerprint density at radius 1 is 0.733 bits per heavy atom. The van der Waals surface area contributed by atoms with Crippen molar-refractivity contribution in [3.63, 3.8) is 0 Å². The Balaban J connectivity index is 1.49. The summed E-state index contributed by atoms with van der Waals surface area (Å²) in [5, 5.41) is 0. The summed E-state index contributed by atoms with van der Waals surface area (Å²) >= 11 is 0. The highest BCUT2D eigenvalue weighted by atomic mass is 16.2. The lowest BCUT2D eigenvalue weighted by Gasteiger charge is -2.30. The third-order valence-electron chi connectivity index (χ3n) is 6.21. The number of likely N-dealkylation sites (tertiary alicyclic amines) is 1. The third kappa shape index (κ3) is 3.39. The minimum atomic E-state index is 0.141. The topological polar surface area (TPSA) is 20.3 Å². The molecule has 2 aliphatic rings. The van der Waals surface area contributed by atoms with Gasteiger partial charge in [-0.1, -0.05) is 84.0 Å². The quantitative estimate of drug-likeness (QED) is 0.377. The standard InChI is InChI=1S/C28H25NO/c1-20-10-12-24(13-11-20)28(30)29-18-16-23(17-19-29)27-25-8-4-2-6-21(25)14-15-22-7-3-5-9-26(22)27/h2-15H,16-19H2,1H3. The van der Waals surface area contributed by atoms with Gasteiger partial charge in [-0.15, -0.1) is 0 Å². The zero-order chi connectivity index (χ0) is 20.5. The lowest BCUT2D eigenvalue weighted by atomic mass is 9.86. The monoisotopic (exact) mass is 391 g/mol. The number of rotatable bonds is 1. The van der Waals surface area contributed by atoms with E-state index in [0.29, 0.717) is 0 Å². The molecular weight excluding hydrogens is 366 g/mol. The smallest absolute Gasteiger partial charge is 0.253 e. The fraction of sp³-hybridized carbons (Fsp3) is 0.179. The summed E-state index contributed by atoms with van der Waals surface area (Å²) in [5.41, 5.74) is 9.88. The highest BCUT2D eigenvalue weighted by Gasteiger charge is 2.25. The Kier molecular flexibility index (Phi) is 4.84. The maximum atomic E-state index is 12.9. The summed E-state index contributed by atoms with van der Waals surface area (Å²) in [7, 11) is 0. The molecule has 1 amide bonds. The van der Waals surface area contributed by atoms with Gasteiger partial charge in [-0.05, 0) is 59.7 Å². The molecule has 2 nitrogen and oxygen atoms in total. The second kappa shape index (κ2) is 7.79. The highest BCUT2D eigenvalue weighted by Crippen LogP contribution is 2.38. The van der Waals surface area contributed by atoms with Crippen molar-refractivity contribution in [2.45, 2.75) is 19.8 Å². The SMILES string of the molecule is Cc1ccc(C(=O)N2CCC(=C3c4ccccc4C=Cc4ccccc43)CC2)cc1. The summed E-state index contributed by atoms with van der Waals surface area (Å²) in [4.78, 5) is 14.9. The van der Waals surface area contributed by atoms with Gasteiger partial charge in [0.1, 0.15) is 0 Å². The molecule has 0 spiro atoms. The first-order valence-corrected chi connectivity index (χ1v) is 10.7. The highest BCUT2D eigenvalue weighted by molar-refractivity contribution is 5.96. The van der Waals surface area contributed by atoms with E-state index in [4.69, 9.17) is 0 Å². The molecule has 0 N–H and O–H groups in total. The number of hydrogen-bond acceptors (Lipinski definition) is 1. The van der Waals surface area contributed by atoms with Crippen LogP contribution in [0.15, 0.2) is 78.4 Å². The fourth-order valence-corrected chi connectivity index (χ4v) is 4.55. The number of piperidine rings is 1. The van der Waals surface area contributed by atoms with Crippen LogP contribution in [-0.2, 0) is 0 Å². The van der Waals surface area contributed by atoms with Gasteiger partial charge in [0.15, 0.2) is 0 Å². The lowest BCUT2D eigenvalue weighted by Crippen LogP contribution is -2.36. The maximum absolute atomic E-state index is 12.9. The lowest BCUT2D eigenvalue weighted by molar-refractivity contribution is 0.0744. The average Bonchev–Trinajstić information content (AvgIpc) is 2.96. The van der Waals surface area contributed by atoms with Gasteiger partial charge >= 0.3 is 0 Å². The fourth-order valence-electron chi connectivity index (χ4n) is 4.55. The number of carbonyl (C=O) groups is 1. The molecule has 1 fully saturated rings. The van der Waals surface area contributed by atoms with Crippen molar-refractivity contribution in [2.75, 3.05) is 13.1 Å². The second-order valence-corrected chi connectivity index (χ2v) is 8.14. The minimum Gasteiger partial charge on any atom is -0.338 e. The van der Waals surface area contributed by atoms with Crippen LogP contribution in [0.3, 0.4) is 0 Å². The molecule has 148 valence electrons. The van der Waals surface area contributed by atoms with E-state index in [-0.39, 0.29) is 5.91 Å². The molecule has 3 aromatic carbocycles. The number of hydrogen-bond donors (Lipinski definition) is 0. The molecule has 3 aromatic rings.